The molecule has 104 valence electrons. The number of aryl methyl sites for hydroxylation is 1. The number of anilines is 1. The standard InChI is InChI=1S/C14H10Cl2FNO2/c1-7-2-8(4-9(17)3-7)14(20)18-10-5-11(15)13(19)12(16)6-10/h2-6,19H,1H3,(H,18,20). The van der Waals surface area contributed by atoms with Crippen molar-refractivity contribution in [3.05, 3.63) is 57.3 Å². The number of hydrogen-bond donors (Lipinski definition) is 2. The second kappa shape index (κ2) is 5.69. The Bertz CT molecular complexity index is 646. The number of amides is 1. The van der Waals surface area contributed by atoms with Gasteiger partial charge in [0, 0.05) is 11.3 Å². The molecular weight excluding hydrogens is 304 g/mol. The van der Waals surface area contributed by atoms with Crippen molar-refractivity contribution in [2.45, 2.75) is 6.92 Å². The van der Waals surface area contributed by atoms with Gasteiger partial charge in [0.2, 0.25) is 0 Å². The number of halogens is 3. The number of phenolic OH excluding ortho intramolecular Hbond substituents is 1. The van der Waals surface area contributed by atoms with Crippen molar-refractivity contribution >= 4 is 34.8 Å². The Morgan fingerprint density at radius 1 is 1.15 bits per heavy atom. The zero-order valence-corrected chi connectivity index (χ0v) is 11.9. The van der Waals surface area contributed by atoms with Gasteiger partial charge in [0.15, 0.2) is 5.75 Å². The molecule has 3 nitrogen and oxygen atoms in total. The molecule has 0 aliphatic carbocycles. The van der Waals surface area contributed by atoms with Crippen LogP contribution in [0.25, 0.3) is 0 Å². The summed E-state index contributed by atoms with van der Waals surface area (Å²) in [6.07, 6.45) is 0. The monoisotopic (exact) mass is 313 g/mol. The van der Waals surface area contributed by atoms with Gasteiger partial charge in [0.05, 0.1) is 10.0 Å². The molecule has 2 rings (SSSR count). The third-order valence-corrected chi connectivity index (χ3v) is 3.16. The van der Waals surface area contributed by atoms with Crippen LogP contribution in [0.4, 0.5) is 10.1 Å². The van der Waals surface area contributed by atoms with Crippen LogP contribution >= 0.6 is 23.2 Å². The zero-order chi connectivity index (χ0) is 14.9. The molecule has 0 heterocycles. The molecular formula is C14H10Cl2FNO2. The fraction of sp³-hybridized carbons (Fsp3) is 0.0714. The molecule has 0 aromatic heterocycles. The van der Waals surface area contributed by atoms with Crippen LogP contribution in [0.15, 0.2) is 30.3 Å². The van der Waals surface area contributed by atoms with E-state index in [2.05, 4.69) is 5.32 Å². The number of nitrogens with one attached hydrogen (secondary N) is 1. The fourth-order valence-corrected chi connectivity index (χ4v) is 2.20. The first-order valence-corrected chi connectivity index (χ1v) is 6.39. The highest BCUT2D eigenvalue weighted by atomic mass is 35.5. The fourth-order valence-electron chi connectivity index (χ4n) is 1.71. The molecule has 0 bridgehead atoms. The van der Waals surface area contributed by atoms with Crippen molar-refractivity contribution in [1.29, 1.82) is 0 Å². The summed E-state index contributed by atoms with van der Waals surface area (Å²) in [5.74, 6) is -1.24. The second-order valence-electron chi connectivity index (χ2n) is 4.26. The van der Waals surface area contributed by atoms with E-state index in [1.807, 2.05) is 0 Å². The molecule has 20 heavy (non-hydrogen) atoms. The molecule has 0 atom stereocenters. The first-order valence-electron chi connectivity index (χ1n) is 5.63. The van der Waals surface area contributed by atoms with E-state index in [-0.39, 0.29) is 21.4 Å². The normalized spacial score (nSPS) is 10.4. The summed E-state index contributed by atoms with van der Waals surface area (Å²) in [5.41, 5.74) is 1.13. The summed E-state index contributed by atoms with van der Waals surface area (Å²) < 4.78 is 13.3. The van der Waals surface area contributed by atoms with Crippen molar-refractivity contribution in [3.63, 3.8) is 0 Å². The Balaban J connectivity index is 2.28. The van der Waals surface area contributed by atoms with Gasteiger partial charge in [-0.05, 0) is 42.8 Å². The number of hydrogen-bond acceptors (Lipinski definition) is 2. The number of aromatic hydroxyl groups is 1. The van der Waals surface area contributed by atoms with E-state index >= 15 is 0 Å². The minimum absolute atomic E-state index is 0.0169. The lowest BCUT2D eigenvalue weighted by Gasteiger charge is -2.08. The van der Waals surface area contributed by atoms with Crippen LogP contribution in [0.2, 0.25) is 10.0 Å². The van der Waals surface area contributed by atoms with Gasteiger partial charge in [-0.15, -0.1) is 0 Å². The highest BCUT2D eigenvalue weighted by Gasteiger charge is 2.11. The molecule has 0 saturated heterocycles. The van der Waals surface area contributed by atoms with Crippen LogP contribution in [0, 0.1) is 12.7 Å². The summed E-state index contributed by atoms with van der Waals surface area (Å²) >= 11 is 11.5. The largest absolute Gasteiger partial charge is 0.505 e. The summed E-state index contributed by atoms with van der Waals surface area (Å²) in [7, 11) is 0. The molecule has 2 aromatic carbocycles. The van der Waals surface area contributed by atoms with Gasteiger partial charge < -0.3 is 10.4 Å². The lowest BCUT2D eigenvalue weighted by Crippen LogP contribution is -2.12. The number of phenols is 1. The average Bonchev–Trinajstić information content (AvgIpc) is 2.34. The maximum Gasteiger partial charge on any atom is 0.255 e. The Labute approximate surface area is 124 Å². The predicted octanol–water partition coefficient (Wildman–Crippen LogP) is 4.40. The number of carbonyl (C=O) groups is 1. The molecule has 0 unspecified atom stereocenters. The molecule has 0 saturated carbocycles. The van der Waals surface area contributed by atoms with E-state index in [0.29, 0.717) is 11.3 Å². The van der Waals surface area contributed by atoms with Gasteiger partial charge >= 0.3 is 0 Å². The molecule has 0 fully saturated rings. The summed E-state index contributed by atoms with van der Waals surface area (Å²) in [6.45, 7) is 1.69. The SMILES string of the molecule is Cc1cc(F)cc(C(=O)Nc2cc(Cl)c(O)c(Cl)c2)c1. The summed E-state index contributed by atoms with van der Waals surface area (Å²) in [5, 5.41) is 12.0. The van der Waals surface area contributed by atoms with Crippen LogP contribution in [0.1, 0.15) is 15.9 Å². The van der Waals surface area contributed by atoms with Gasteiger partial charge in [-0.1, -0.05) is 23.2 Å². The maximum absolute atomic E-state index is 13.3. The molecule has 0 spiro atoms. The number of benzene rings is 2. The van der Waals surface area contributed by atoms with Crippen molar-refractivity contribution in [2.75, 3.05) is 5.32 Å². The molecule has 0 aliphatic heterocycles. The quantitative estimate of drug-likeness (QED) is 0.807. The molecule has 0 radical (unpaired) electrons. The Morgan fingerprint density at radius 3 is 2.30 bits per heavy atom. The van der Waals surface area contributed by atoms with Crippen molar-refractivity contribution in [2.24, 2.45) is 0 Å². The lowest BCUT2D eigenvalue weighted by atomic mass is 10.1. The third-order valence-electron chi connectivity index (χ3n) is 2.58. The van der Waals surface area contributed by atoms with E-state index in [0.717, 1.165) is 6.07 Å². The summed E-state index contributed by atoms with van der Waals surface area (Å²) in [4.78, 5) is 12.0. The van der Waals surface area contributed by atoms with Crippen LogP contribution in [0.5, 0.6) is 5.75 Å². The van der Waals surface area contributed by atoms with Crippen molar-refractivity contribution in [1.82, 2.24) is 0 Å². The molecule has 6 heteroatoms. The van der Waals surface area contributed by atoms with Crippen molar-refractivity contribution in [3.8, 4) is 5.75 Å². The van der Waals surface area contributed by atoms with Gasteiger partial charge in [0.1, 0.15) is 5.82 Å². The van der Waals surface area contributed by atoms with E-state index < -0.39 is 11.7 Å². The minimum Gasteiger partial charge on any atom is -0.505 e. The Kier molecular flexibility index (Phi) is 4.16. The topological polar surface area (TPSA) is 49.3 Å². The predicted molar refractivity (Wildman–Crippen MR) is 77.2 cm³/mol. The Morgan fingerprint density at radius 2 is 1.75 bits per heavy atom. The highest BCUT2D eigenvalue weighted by molar-refractivity contribution is 6.37. The van der Waals surface area contributed by atoms with Gasteiger partial charge in [-0.25, -0.2) is 4.39 Å². The first-order chi connectivity index (χ1) is 9.36. The van der Waals surface area contributed by atoms with Crippen LogP contribution < -0.4 is 5.32 Å². The number of carbonyl (C=O) groups excluding carboxylic acids is 1. The minimum atomic E-state index is -0.495. The smallest absolute Gasteiger partial charge is 0.255 e. The van der Waals surface area contributed by atoms with Crippen LogP contribution in [0.3, 0.4) is 0 Å². The number of rotatable bonds is 2. The van der Waals surface area contributed by atoms with Crippen molar-refractivity contribution < 1.29 is 14.3 Å². The zero-order valence-electron chi connectivity index (χ0n) is 10.4. The molecule has 0 aliphatic rings. The average molecular weight is 314 g/mol. The maximum atomic E-state index is 13.3. The van der Waals surface area contributed by atoms with E-state index in [1.165, 1.54) is 18.2 Å². The van der Waals surface area contributed by atoms with E-state index in [9.17, 15) is 14.3 Å². The van der Waals surface area contributed by atoms with Gasteiger partial charge in [-0.2, -0.15) is 0 Å². The van der Waals surface area contributed by atoms with Crippen LogP contribution in [-0.4, -0.2) is 11.0 Å². The molecule has 1 amide bonds. The third kappa shape index (κ3) is 3.21. The summed E-state index contributed by atoms with van der Waals surface area (Å²) in [6, 6.07) is 6.72. The van der Waals surface area contributed by atoms with Gasteiger partial charge in [-0.3, -0.25) is 4.79 Å². The van der Waals surface area contributed by atoms with E-state index in [4.69, 9.17) is 23.2 Å². The second-order valence-corrected chi connectivity index (χ2v) is 5.07. The first kappa shape index (κ1) is 14.6. The lowest BCUT2D eigenvalue weighted by molar-refractivity contribution is 0.102. The van der Waals surface area contributed by atoms with E-state index in [1.54, 1.807) is 13.0 Å². The molecule has 2 N–H and O–H groups in total. The highest BCUT2D eigenvalue weighted by Crippen LogP contribution is 2.34. The molecule has 2 aromatic rings. The van der Waals surface area contributed by atoms with Gasteiger partial charge in [0.25, 0.3) is 5.91 Å². The van der Waals surface area contributed by atoms with Crippen LogP contribution in [-0.2, 0) is 0 Å². The Hall–Kier alpha value is -1.78.